The first-order valence-corrected chi connectivity index (χ1v) is 9.07. The summed E-state index contributed by atoms with van der Waals surface area (Å²) in [6, 6.07) is 12.4. The van der Waals surface area contributed by atoms with Gasteiger partial charge in [-0.2, -0.15) is 0 Å². The molecule has 0 fully saturated rings. The lowest BCUT2D eigenvalue weighted by molar-refractivity contribution is -0.119. The number of benzene rings is 2. The van der Waals surface area contributed by atoms with Crippen LogP contribution in [-0.4, -0.2) is 23.6 Å². The maximum Gasteiger partial charge on any atom is 0.344 e. The Hall–Kier alpha value is -2.83. The maximum absolute atomic E-state index is 12.5. The SMILES string of the molecule is Cc1ccc(Cl)c(NC(=O)COC(=O)c2c(-c3ccccc3)noc2C)c1Cl. The largest absolute Gasteiger partial charge is 0.452 e. The molecule has 1 N–H and O–H groups in total. The van der Waals surface area contributed by atoms with E-state index in [0.29, 0.717) is 22.0 Å². The van der Waals surface area contributed by atoms with Crippen molar-refractivity contribution in [3.8, 4) is 11.3 Å². The van der Waals surface area contributed by atoms with Crippen LogP contribution in [0.2, 0.25) is 10.0 Å². The second kappa shape index (κ2) is 8.46. The van der Waals surface area contributed by atoms with Gasteiger partial charge < -0.3 is 14.6 Å². The third-order valence-corrected chi connectivity index (χ3v) is 4.80. The molecule has 6 nitrogen and oxygen atoms in total. The van der Waals surface area contributed by atoms with Gasteiger partial charge >= 0.3 is 5.97 Å². The lowest BCUT2D eigenvalue weighted by Gasteiger charge is -2.11. The average Bonchev–Trinajstić information content (AvgIpc) is 3.08. The zero-order chi connectivity index (χ0) is 20.3. The number of halogens is 2. The molecular weight excluding hydrogens is 403 g/mol. The summed E-state index contributed by atoms with van der Waals surface area (Å²) in [7, 11) is 0. The molecule has 3 rings (SSSR count). The van der Waals surface area contributed by atoms with E-state index < -0.39 is 18.5 Å². The quantitative estimate of drug-likeness (QED) is 0.585. The molecule has 0 spiro atoms. The molecular formula is C20H16Cl2N2O4. The Labute approximate surface area is 171 Å². The van der Waals surface area contributed by atoms with Gasteiger partial charge in [0.25, 0.3) is 5.91 Å². The average molecular weight is 419 g/mol. The number of carbonyl (C=O) groups is 2. The van der Waals surface area contributed by atoms with E-state index in [0.717, 1.165) is 5.56 Å². The van der Waals surface area contributed by atoms with Gasteiger partial charge in [-0.1, -0.05) is 64.8 Å². The molecule has 0 unspecified atom stereocenters. The lowest BCUT2D eigenvalue weighted by atomic mass is 10.1. The molecule has 144 valence electrons. The van der Waals surface area contributed by atoms with E-state index in [1.165, 1.54) is 0 Å². The number of nitrogens with zero attached hydrogens (tertiary/aromatic N) is 1. The predicted octanol–water partition coefficient (Wildman–Crippen LogP) is 5.06. The molecule has 0 saturated heterocycles. The van der Waals surface area contributed by atoms with E-state index in [1.54, 1.807) is 38.1 Å². The first-order chi connectivity index (χ1) is 13.4. The van der Waals surface area contributed by atoms with Crippen molar-refractivity contribution in [2.24, 2.45) is 0 Å². The highest BCUT2D eigenvalue weighted by Crippen LogP contribution is 2.33. The number of amides is 1. The Morgan fingerprint density at radius 1 is 1.11 bits per heavy atom. The zero-order valence-corrected chi connectivity index (χ0v) is 16.6. The Morgan fingerprint density at radius 2 is 1.82 bits per heavy atom. The third kappa shape index (κ3) is 4.18. The van der Waals surface area contributed by atoms with Crippen LogP contribution in [0.1, 0.15) is 21.7 Å². The van der Waals surface area contributed by atoms with Gasteiger partial charge in [0, 0.05) is 5.56 Å². The van der Waals surface area contributed by atoms with Crippen molar-refractivity contribution < 1.29 is 18.8 Å². The molecule has 3 aromatic rings. The Balaban J connectivity index is 1.71. The minimum absolute atomic E-state index is 0.172. The maximum atomic E-state index is 12.5. The topological polar surface area (TPSA) is 81.4 Å². The highest BCUT2D eigenvalue weighted by Gasteiger charge is 2.24. The molecule has 0 bridgehead atoms. The fourth-order valence-electron chi connectivity index (χ4n) is 2.56. The molecule has 0 radical (unpaired) electrons. The number of aryl methyl sites for hydroxylation is 2. The second-order valence-corrected chi connectivity index (χ2v) is 6.79. The molecule has 0 saturated carbocycles. The molecule has 1 amide bonds. The van der Waals surface area contributed by atoms with E-state index >= 15 is 0 Å². The highest BCUT2D eigenvalue weighted by atomic mass is 35.5. The van der Waals surface area contributed by atoms with Crippen molar-refractivity contribution >= 4 is 40.8 Å². The molecule has 0 aliphatic carbocycles. The molecule has 1 aromatic heterocycles. The van der Waals surface area contributed by atoms with Gasteiger partial charge in [0.15, 0.2) is 6.61 Å². The van der Waals surface area contributed by atoms with Crippen LogP contribution < -0.4 is 5.32 Å². The van der Waals surface area contributed by atoms with Crippen LogP contribution >= 0.6 is 23.2 Å². The third-order valence-electron chi connectivity index (χ3n) is 4.00. The van der Waals surface area contributed by atoms with Crippen molar-refractivity contribution in [1.82, 2.24) is 5.16 Å². The van der Waals surface area contributed by atoms with E-state index in [9.17, 15) is 9.59 Å². The van der Waals surface area contributed by atoms with E-state index in [-0.39, 0.29) is 16.3 Å². The number of nitrogens with one attached hydrogen (secondary N) is 1. The lowest BCUT2D eigenvalue weighted by Crippen LogP contribution is -2.21. The summed E-state index contributed by atoms with van der Waals surface area (Å²) in [4.78, 5) is 24.7. The summed E-state index contributed by atoms with van der Waals surface area (Å²) in [5.41, 5.74) is 2.26. The molecule has 8 heteroatoms. The fourth-order valence-corrected chi connectivity index (χ4v) is 3.02. The van der Waals surface area contributed by atoms with Crippen LogP contribution in [0.5, 0.6) is 0 Å². The first kappa shape index (κ1) is 19.9. The van der Waals surface area contributed by atoms with Crippen LogP contribution in [0.4, 0.5) is 5.69 Å². The van der Waals surface area contributed by atoms with Gasteiger partial charge in [-0.25, -0.2) is 4.79 Å². The van der Waals surface area contributed by atoms with Crippen LogP contribution in [0.15, 0.2) is 47.0 Å². The molecule has 0 aliphatic rings. The van der Waals surface area contributed by atoms with Gasteiger partial charge in [0.1, 0.15) is 17.0 Å². The minimum atomic E-state index is -0.714. The Bertz CT molecular complexity index is 1030. The Kier molecular flexibility index (Phi) is 6.02. The van der Waals surface area contributed by atoms with Crippen LogP contribution in [0.3, 0.4) is 0 Å². The highest BCUT2D eigenvalue weighted by molar-refractivity contribution is 6.40. The number of hydrogen-bond donors (Lipinski definition) is 1. The minimum Gasteiger partial charge on any atom is -0.452 e. The molecule has 28 heavy (non-hydrogen) atoms. The molecule has 1 heterocycles. The normalized spacial score (nSPS) is 10.6. The van der Waals surface area contributed by atoms with Gasteiger partial charge in [-0.05, 0) is 25.5 Å². The fraction of sp³-hybridized carbons (Fsp3) is 0.150. The van der Waals surface area contributed by atoms with Crippen molar-refractivity contribution in [2.75, 3.05) is 11.9 Å². The van der Waals surface area contributed by atoms with E-state index in [4.69, 9.17) is 32.5 Å². The van der Waals surface area contributed by atoms with Crippen LogP contribution in [0, 0.1) is 13.8 Å². The number of ether oxygens (including phenoxy) is 1. The second-order valence-electron chi connectivity index (χ2n) is 6.01. The van der Waals surface area contributed by atoms with Crippen LogP contribution in [-0.2, 0) is 9.53 Å². The van der Waals surface area contributed by atoms with Crippen molar-refractivity contribution in [2.45, 2.75) is 13.8 Å². The summed E-state index contributed by atoms with van der Waals surface area (Å²) >= 11 is 12.2. The first-order valence-electron chi connectivity index (χ1n) is 8.31. The van der Waals surface area contributed by atoms with E-state index in [1.807, 2.05) is 18.2 Å². The molecule has 0 atom stereocenters. The summed E-state index contributed by atoms with van der Waals surface area (Å²) in [6.07, 6.45) is 0. The number of esters is 1. The number of rotatable bonds is 5. The molecule has 0 aliphatic heterocycles. The predicted molar refractivity (Wildman–Crippen MR) is 107 cm³/mol. The monoisotopic (exact) mass is 418 g/mol. The van der Waals surface area contributed by atoms with Crippen LogP contribution in [0.25, 0.3) is 11.3 Å². The smallest absolute Gasteiger partial charge is 0.344 e. The summed E-state index contributed by atoms with van der Waals surface area (Å²) in [5, 5.41) is 7.10. The van der Waals surface area contributed by atoms with Crippen molar-refractivity contribution in [1.29, 1.82) is 0 Å². The zero-order valence-electron chi connectivity index (χ0n) is 15.1. The van der Waals surface area contributed by atoms with Crippen molar-refractivity contribution in [3.63, 3.8) is 0 Å². The molecule has 2 aromatic carbocycles. The van der Waals surface area contributed by atoms with Gasteiger partial charge in [0.2, 0.25) is 0 Å². The number of anilines is 1. The number of carbonyl (C=O) groups excluding carboxylic acids is 2. The van der Waals surface area contributed by atoms with Gasteiger partial charge in [-0.3, -0.25) is 4.79 Å². The van der Waals surface area contributed by atoms with Crippen molar-refractivity contribution in [3.05, 3.63) is 69.4 Å². The standard InChI is InChI=1S/C20H16Cl2N2O4/c1-11-8-9-14(21)19(17(11)22)23-15(25)10-27-20(26)16-12(2)28-24-18(16)13-6-4-3-5-7-13/h3-9H,10H2,1-2H3,(H,23,25). The Morgan fingerprint density at radius 3 is 2.54 bits per heavy atom. The summed E-state index contributed by atoms with van der Waals surface area (Å²) in [5.74, 6) is -0.985. The summed E-state index contributed by atoms with van der Waals surface area (Å²) < 4.78 is 10.3. The van der Waals surface area contributed by atoms with E-state index in [2.05, 4.69) is 10.5 Å². The van der Waals surface area contributed by atoms with Gasteiger partial charge in [0.05, 0.1) is 15.7 Å². The number of hydrogen-bond acceptors (Lipinski definition) is 5. The summed E-state index contributed by atoms with van der Waals surface area (Å²) in [6.45, 7) is 2.87. The van der Waals surface area contributed by atoms with Gasteiger partial charge in [-0.15, -0.1) is 0 Å². The number of aromatic nitrogens is 1.